The molecule has 0 aromatic carbocycles. The monoisotopic (exact) mass is 228 g/mol. The van der Waals surface area contributed by atoms with Crippen LogP contribution in [0.3, 0.4) is 0 Å². The van der Waals surface area contributed by atoms with E-state index in [4.69, 9.17) is 5.11 Å². The van der Waals surface area contributed by atoms with Gasteiger partial charge in [-0.1, -0.05) is 19.6 Å². The second-order valence-electron chi connectivity index (χ2n) is 5.02. The van der Waals surface area contributed by atoms with Gasteiger partial charge in [0.1, 0.15) is 8.07 Å². The van der Waals surface area contributed by atoms with Gasteiger partial charge in [-0.25, -0.2) is 9.59 Å². The van der Waals surface area contributed by atoms with Crippen LogP contribution in [0.5, 0.6) is 0 Å². The summed E-state index contributed by atoms with van der Waals surface area (Å²) in [5, 5.41) is 8.42. The Hall–Kier alpha value is -0.943. The Labute approximate surface area is 90.6 Å². The number of aliphatic carboxylic acids is 1. The van der Waals surface area contributed by atoms with Gasteiger partial charge in [-0.15, -0.1) is 0 Å². The highest BCUT2D eigenvalue weighted by molar-refractivity contribution is 6.77. The minimum Gasteiger partial charge on any atom is -0.478 e. The van der Waals surface area contributed by atoms with Crippen molar-refractivity contribution < 1.29 is 19.6 Å². The quantitative estimate of drug-likeness (QED) is 0.514. The molecule has 4 nitrogen and oxygen atoms in total. The average molecular weight is 228 g/mol. The highest BCUT2D eigenvalue weighted by Gasteiger charge is 2.45. The molecule has 1 heterocycles. The Kier molecular flexibility index (Phi) is 3.46. The molecule has 5 heteroatoms. The largest absolute Gasteiger partial charge is 0.478 e. The molecule has 1 aliphatic heterocycles. The molecule has 1 saturated heterocycles. The summed E-state index contributed by atoms with van der Waals surface area (Å²) in [6.45, 7) is 7.57. The number of hydrogen-bond acceptors (Lipinski definition) is 2. The van der Waals surface area contributed by atoms with Gasteiger partial charge in [0.2, 0.25) is 0 Å². The van der Waals surface area contributed by atoms with Crippen LogP contribution in [0.4, 0.5) is 0 Å². The number of carboxylic acid groups (broad SMARTS) is 1. The van der Waals surface area contributed by atoms with E-state index in [1.54, 1.807) is 0 Å². The number of carbonyl (C=O) groups excluding carboxylic acids is 1. The smallest absolute Gasteiger partial charge is 0.337 e. The van der Waals surface area contributed by atoms with Crippen molar-refractivity contribution in [3.05, 3.63) is 12.2 Å². The zero-order valence-corrected chi connectivity index (χ0v) is 10.4. The van der Waals surface area contributed by atoms with Crippen molar-refractivity contribution in [3.63, 3.8) is 0 Å². The normalized spacial score (nSPS) is 26.3. The molecule has 0 aromatic heterocycles. The summed E-state index contributed by atoms with van der Waals surface area (Å²) < 4.78 is 0. The van der Waals surface area contributed by atoms with Crippen molar-refractivity contribution in [2.75, 3.05) is 6.54 Å². The molecule has 2 unspecified atom stereocenters. The van der Waals surface area contributed by atoms with Crippen LogP contribution in [0.25, 0.3) is 0 Å². The van der Waals surface area contributed by atoms with Crippen molar-refractivity contribution in [2.24, 2.45) is 0 Å². The molecule has 2 N–H and O–H groups in total. The molecule has 1 aliphatic rings. The van der Waals surface area contributed by atoms with Gasteiger partial charge >= 0.3 is 11.9 Å². The molecule has 2 atom stereocenters. The van der Waals surface area contributed by atoms with Crippen LogP contribution in [0.2, 0.25) is 19.6 Å². The molecule has 1 rings (SSSR count). The summed E-state index contributed by atoms with van der Waals surface area (Å²) in [5.41, 5.74) is 0.448. The van der Waals surface area contributed by atoms with Crippen molar-refractivity contribution in [3.8, 4) is 0 Å². The third-order valence-corrected chi connectivity index (χ3v) is 5.59. The van der Waals surface area contributed by atoms with Gasteiger partial charge in [0.15, 0.2) is 0 Å². The Morgan fingerprint density at radius 2 is 1.93 bits per heavy atom. The van der Waals surface area contributed by atoms with Crippen molar-refractivity contribution in [1.29, 1.82) is 0 Å². The fourth-order valence-electron chi connectivity index (χ4n) is 1.94. The molecule has 0 saturated carbocycles. The van der Waals surface area contributed by atoms with Gasteiger partial charge in [-0.05, 0) is 0 Å². The molecule has 15 heavy (non-hydrogen) atoms. The van der Waals surface area contributed by atoms with Gasteiger partial charge < -0.3 is 5.11 Å². The van der Waals surface area contributed by atoms with E-state index >= 15 is 0 Å². The van der Waals surface area contributed by atoms with Crippen molar-refractivity contribution in [1.82, 2.24) is 0 Å². The molecule has 0 aliphatic carbocycles. The minimum atomic E-state index is -1.30. The van der Waals surface area contributed by atoms with E-state index in [1.807, 2.05) is 0 Å². The molecule has 1 fully saturated rings. The first-order chi connectivity index (χ1) is 6.82. The minimum absolute atomic E-state index is 0.0870. The van der Waals surface area contributed by atoms with E-state index in [2.05, 4.69) is 19.6 Å². The molecule has 0 bridgehead atoms. The second kappa shape index (κ2) is 4.28. The SMILES string of the molecule is C[Si](C)(C)C1CC[NH+]1C(=O)/C=C\C(=O)O. The molecule has 0 spiro atoms. The lowest BCUT2D eigenvalue weighted by molar-refractivity contribution is -0.877. The van der Waals surface area contributed by atoms with Gasteiger partial charge in [0.05, 0.1) is 12.2 Å². The molecular formula is C10H18NO3Si+. The third kappa shape index (κ3) is 3.00. The predicted octanol–water partition coefficient (Wildman–Crippen LogP) is -0.312. The number of rotatable bonds is 3. The number of carboxylic acids is 1. The Morgan fingerprint density at radius 3 is 2.27 bits per heavy atom. The van der Waals surface area contributed by atoms with Crippen LogP contribution in [0, 0.1) is 0 Å². The lowest BCUT2D eigenvalue weighted by Crippen LogP contribution is -3.26. The van der Waals surface area contributed by atoms with Crippen LogP contribution >= 0.6 is 0 Å². The highest BCUT2D eigenvalue weighted by atomic mass is 28.3. The van der Waals surface area contributed by atoms with E-state index in [0.717, 1.165) is 23.9 Å². The van der Waals surface area contributed by atoms with Gasteiger partial charge in [-0.3, -0.25) is 4.90 Å². The first-order valence-corrected chi connectivity index (χ1v) is 8.71. The first kappa shape index (κ1) is 12.1. The summed E-state index contributed by atoms with van der Waals surface area (Å²) >= 11 is 0. The molecule has 0 radical (unpaired) electrons. The summed E-state index contributed by atoms with van der Waals surface area (Å²) in [6, 6.07) is 0. The van der Waals surface area contributed by atoms with E-state index in [9.17, 15) is 9.59 Å². The van der Waals surface area contributed by atoms with Crippen LogP contribution < -0.4 is 4.90 Å². The van der Waals surface area contributed by atoms with Crippen LogP contribution in [0.1, 0.15) is 6.42 Å². The number of nitrogens with one attached hydrogen (secondary N) is 1. The molecule has 0 aromatic rings. The lowest BCUT2D eigenvalue weighted by Gasteiger charge is -2.41. The second-order valence-corrected chi connectivity index (χ2v) is 10.4. The third-order valence-electron chi connectivity index (χ3n) is 2.86. The summed E-state index contributed by atoms with van der Waals surface area (Å²) in [6.07, 6.45) is 3.20. The molecule has 84 valence electrons. The van der Waals surface area contributed by atoms with E-state index in [-0.39, 0.29) is 5.91 Å². The van der Waals surface area contributed by atoms with Gasteiger partial charge in [-0.2, -0.15) is 0 Å². The van der Waals surface area contributed by atoms with E-state index < -0.39 is 14.0 Å². The summed E-state index contributed by atoms with van der Waals surface area (Å²) in [4.78, 5) is 22.8. The summed E-state index contributed by atoms with van der Waals surface area (Å²) in [5.74, 6) is -1.15. The van der Waals surface area contributed by atoms with Crippen molar-refractivity contribution >= 4 is 20.0 Å². The highest BCUT2D eigenvalue weighted by Crippen LogP contribution is 2.12. The standard InChI is InChI=1S/C10H17NO3Si/c1-15(2,3)9-6-7-11(9)8(12)4-5-10(13)14/h4-5,9H,6-7H2,1-3H3,(H,13,14)/p+1/b5-4-. The van der Waals surface area contributed by atoms with E-state index in [1.165, 1.54) is 6.08 Å². The molecule has 1 amide bonds. The first-order valence-electron chi connectivity index (χ1n) is 5.13. The summed E-state index contributed by atoms with van der Waals surface area (Å²) in [7, 11) is -1.30. The van der Waals surface area contributed by atoms with Gasteiger partial charge in [0, 0.05) is 18.6 Å². The zero-order chi connectivity index (χ0) is 11.6. The predicted molar refractivity (Wildman–Crippen MR) is 59.4 cm³/mol. The zero-order valence-electron chi connectivity index (χ0n) is 9.41. The van der Waals surface area contributed by atoms with E-state index in [0.29, 0.717) is 5.67 Å². The fourth-order valence-corrected chi connectivity index (χ4v) is 4.28. The fraction of sp³-hybridized carbons (Fsp3) is 0.600. The maximum Gasteiger partial charge on any atom is 0.337 e. The maximum absolute atomic E-state index is 11.6. The number of carbonyl (C=O) groups is 2. The van der Waals surface area contributed by atoms with Gasteiger partial charge in [0.25, 0.3) is 0 Å². The maximum atomic E-state index is 11.6. The average Bonchev–Trinajstić information content (AvgIpc) is 1.94. The van der Waals surface area contributed by atoms with Crippen LogP contribution in [-0.2, 0) is 9.59 Å². The van der Waals surface area contributed by atoms with Crippen LogP contribution in [-0.4, -0.2) is 37.3 Å². The topological polar surface area (TPSA) is 58.8 Å². The van der Waals surface area contributed by atoms with Crippen LogP contribution in [0.15, 0.2) is 12.2 Å². The number of likely N-dealkylation sites (tertiary alicyclic amines) is 1. The Balaban J connectivity index is 2.59. The number of amides is 1. The lowest BCUT2D eigenvalue weighted by atomic mass is 10.2. The van der Waals surface area contributed by atoms with Crippen molar-refractivity contribution in [2.45, 2.75) is 31.7 Å². The number of quaternary nitrogens is 1. The Bertz CT molecular complexity index is 306. The Morgan fingerprint density at radius 1 is 1.33 bits per heavy atom. The number of hydrogen-bond donors (Lipinski definition) is 2. The molecular weight excluding hydrogens is 210 g/mol.